The van der Waals surface area contributed by atoms with Crippen LogP contribution in [-0.4, -0.2) is 4.98 Å². The summed E-state index contributed by atoms with van der Waals surface area (Å²) < 4.78 is 1.25. The molecule has 1 nitrogen and oxygen atoms in total. The van der Waals surface area contributed by atoms with E-state index in [1.165, 1.54) is 21.4 Å². The van der Waals surface area contributed by atoms with Crippen LogP contribution in [0.5, 0.6) is 0 Å². The van der Waals surface area contributed by atoms with E-state index in [9.17, 15) is 0 Å². The second-order valence-corrected chi connectivity index (χ2v) is 5.28. The molecule has 0 unspecified atom stereocenters. The molecule has 0 saturated carbocycles. The third-order valence-electron chi connectivity index (χ3n) is 2.99. The molecule has 17 heavy (non-hydrogen) atoms. The summed E-state index contributed by atoms with van der Waals surface area (Å²) in [6.45, 7) is 4.29. The molecule has 2 heteroatoms. The summed E-state index contributed by atoms with van der Waals surface area (Å²) in [5.41, 5.74) is 4.97. The zero-order valence-electron chi connectivity index (χ0n) is 9.90. The molecule has 2 aromatic carbocycles. The zero-order chi connectivity index (χ0) is 11.8. The van der Waals surface area contributed by atoms with Gasteiger partial charge < -0.3 is 0 Å². The van der Waals surface area contributed by atoms with Crippen LogP contribution in [0.15, 0.2) is 42.5 Å². The van der Waals surface area contributed by atoms with Crippen LogP contribution in [0.4, 0.5) is 0 Å². The van der Waals surface area contributed by atoms with Gasteiger partial charge in [-0.3, -0.25) is 0 Å². The molecule has 0 aliphatic rings. The second kappa shape index (κ2) is 3.97. The quantitative estimate of drug-likeness (QED) is 0.605. The van der Waals surface area contributed by atoms with Gasteiger partial charge >= 0.3 is 0 Å². The second-order valence-electron chi connectivity index (χ2n) is 4.25. The molecule has 0 N–H and O–H groups in total. The molecule has 0 radical (unpaired) electrons. The Labute approximate surface area is 105 Å². The molecular weight excluding hydrogens is 226 g/mol. The van der Waals surface area contributed by atoms with Crippen LogP contribution in [0.3, 0.4) is 0 Å². The highest BCUT2D eigenvalue weighted by atomic mass is 32.1. The molecule has 3 rings (SSSR count). The normalized spacial score (nSPS) is 10.9. The summed E-state index contributed by atoms with van der Waals surface area (Å²) in [6.07, 6.45) is 0. The maximum atomic E-state index is 4.72. The summed E-state index contributed by atoms with van der Waals surface area (Å²) in [6, 6.07) is 14.7. The van der Waals surface area contributed by atoms with Crippen molar-refractivity contribution in [2.45, 2.75) is 13.8 Å². The van der Waals surface area contributed by atoms with Crippen molar-refractivity contribution in [1.82, 2.24) is 4.98 Å². The van der Waals surface area contributed by atoms with Crippen molar-refractivity contribution in [3.05, 3.63) is 53.6 Å². The first kappa shape index (κ1) is 10.5. The highest BCUT2D eigenvalue weighted by molar-refractivity contribution is 7.21. The molecule has 1 aromatic heterocycles. The first-order valence-corrected chi connectivity index (χ1v) is 6.49. The number of fused-ring (bicyclic) bond motifs is 1. The third-order valence-corrected chi connectivity index (χ3v) is 4.04. The molecule has 0 amide bonds. The molecule has 1 heterocycles. The summed E-state index contributed by atoms with van der Waals surface area (Å²) in [5, 5.41) is 1.13. The summed E-state index contributed by atoms with van der Waals surface area (Å²) in [5.74, 6) is 0. The van der Waals surface area contributed by atoms with Crippen LogP contribution >= 0.6 is 11.3 Å². The fourth-order valence-electron chi connectivity index (χ4n) is 2.13. The van der Waals surface area contributed by atoms with Gasteiger partial charge in [0.05, 0.1) is 10.2 Å². The predicted molar refractivity (Wildman–Crippen MR) is 74.5 cm³/mol. The molecule has 0 aliphatic heterocycles. The Balaban J connectivity index is 2.27. The molecule has 0 bridgehead atoms. The number of aromatic nitrogens is 1. The first-order chi connectivity index (χ1) is 8.25. The molecule has 0 atom stereocenters. The van der Waals surface area contributed by atoms with E-state index in [1.54, 1.807) is 11.3 Å². The predicted octanol–water partition coefficient (Wildman–Crippen LogP) is 4.58. The third kappa shape index (κ3) is 1.75. The molecule has 0 aliphatic carbocycles. The van der Waals surface area contributed by atoms with Gasteiger partial charge in [0.1, 0.15) is 5.01 Å². The lowest BCUT2D eigenvalue weighted by atomic mass is 10.0. The minimum atomic E-state index is 1.09. The van der Waals surface area contributed by atoms with E-state index in [2.05, 4.69) is 50.2 Å². The van der Waals surface area contributed by atoms with E-state index < -0.39 is 0 Å². The van der Waals surface area contributed by atoms with Gasteiger partial charge in [-0.15, -0.1) is 11.3 Å². The molecule has 0 spiro atoms. The lowest BCUT2D eigenvalue weighted by molar-refractivity contribution is 1.35. The van der Waals surface area contributed by atoms with Crippen LogP contribution in [0, 0.1) is 13.8 Å². The number of thiazole rings is 1. The number of para-hydroxylation sites is 1. The van der Waals surface area contributed by atoms with Crippen molar-refractivity contribution in [3.8, 4) is 10.6 Å². The van der Waals surface area contributed by atoms with Crippen molar-refractivity contribution in [2.24, 2.45) is 0 Å². The Morgan fingerprint density at radius 2 is 1.59 bits per heavy atom. The van der Waals surface area contributed by atoms with Gasteiger partial charge in [-0.1, -0.05) is 30.3 Å². The number of rotatable bonds is 1. The molecule has 0 fully saturated rings. The van der Waals surface area contributed by atoms with E-state index in [-0.39, 0.29) is 0 Å². The van der Waals surface area contributed by atoms with Crippen molar-refractivity contribution in [1.29, 1.82) is 0 Å². The van der Waals surface area contributed by atoms with Crippen LogP contribution in [0.1, 0.15) is 11.1 Å². The number of hydrogen-bond donors (Lipinski definition) is 0. The highest BCUT2D eigenvalue weighted by Gasteiger charge is 2.10. The average Bonchev–Trinajstić information content (AvgIpc) is 2.71. The van der Waals surface area contributed by atoms with Gasteiger partial charge in [-0.05, 0) is 37.1 Å². The molecule has 84 valence electrons. The number of nitrogens with zero attached hydrogens (tertiary/aromatic N) is 1. The smallest absolute Gasteiger partial charge is 0.125 e. The molecule has 3 aromatic rings. The van der Waals surface area contributed by atoms with Crippen LogP contribution < -0.4 is 0 Å². The van der Waals surface area contributed by atoms with Gasteiger partial charge in [0, 0.05) is 5.56 Å². The van der Waals surface area contributed by atoms with Crippen LogP contribution in [0.25, 0.3) is 20.8 Å². The van der Waals surface area contributed by atoms with Gasteiger partial charge in [-0.2, -0.15) is 0 Å². The SMILES string of the molecule is Cc1cccc(C)c1-c1nc2ccccc2s1. The van der Waals surface area contributed by atoms with E-state index in [0.717, 1.165) is 10.5 Å². The van der Waals surface area contributed by atoms with E-state index in [0.29, 0.717) is 0 Å². The Morgan fingerprint density at radius 3 is 2.29 bits per heavy atom. The number of hydrogen-bond acceptors (Lipinski definition) is 2. The molecular formula is C15H13NS. The van der Waals surface area contributed by atoms with Crippen molar-refractivity contribution >= 4 is 21.6 Å². The van der Waals surface area contributed by atoms with Gasteiger partial charge in [0.15, 0.2) is 0 Å². The average molecular weight is 239 g/mol. The largest absolute Gasteiger partial charge is 0.236 e. The van der Waals surface area contributed by atoms with Crippen molar-refractivity contribution < 1.29 is 0 Å². The summed E-state index contributed by atoms with van der Waals surface area (Å²) in [4.78, 5) is 4.72. The van der Waals surface area contributed by atoms with E-state index >= 15 is 0 Å². The Bertz CT molecular complexity index is 629. The monoisotopic (exact) mass is 239 g/mol. The maximum Gasteiger partial charge on any atom is 0.125 e. The van der Waals surface area contributed by atoms with Gasteiger partial charge in [-0.25, -0.2) is 4.98 Å². The van der Waals surface area contributed by atoms with Crippen molar-refractivity contribution in [2.75, 3.05) is 0 Å². The Hall–Kier alpha value is -1.67. The summed E-state index contributed by atoms with van der Waals surface area (Å²) in [7, 11) is 0. The van der Waals surface area contributed by atoms with Crippen LogP contribution in [0.2, 0.25) is 0 Å². The lowest BCUT2D eigenvalue weighted by Crippen LogP contribution is -1.86. The van der Waals surface area contributed by atoms with E-state index in [1.807, 2.05) is 6.07 Å². The van der Waals surface area contributed by atoms with Crippen LogP contribution in [-0.2, 0) is 0 Å². The van der Waals surface area contributed by atoms with Gasteiger partial charge in [0.25, 0.3) is 0 Å². The fraction of sp³-hybridized carbons (Fsp3) is 0.133. The standard InChI is InChI=1S/C15H13NS/c1-10-6-5-7-11(2)14(10)15-16-12-8-3-4-9-13(12)17-15/h3-9H,1-2H3. The Kier molecular flexibility index (Phi) is 2.45. The maximum absolute atomic E-state index is 4.72. The topological polar surface area (TPSA) is 12.9 Å². The van der Waals surface area contributed by atoms with E-state index in [4.69, 9.17) is 4.98 Å². The minimum absolute atomic E-state index is 1.09. The summed E-state index contributed by atoms with van der Waals surface area (Å²) >= 11 is 1.77. The number of benzene rings is 2. The zero-order valence-corrected chi connectivity index (χ0v) is 10.7. The lowest BCUT2D eigenvalue weighted by Gasteiger charge is -2.05. The molecule has 0 saturated heterocycles. The fourth-order valence-corrected chi connectivity index (χ4v) is 3.27. The first-order valence-electron chi connectivity index (χ1n) is 5.68. The van der Waals surface area contributed by atoms with Crippen molar-refractivity contribution in [3.63, 3.8) is 0 Å². The highest BCUT2D eigenvalue weighted by Crippen LogP contribution is 2.33. The minimum Gasteiger partial charge on any atom is -0.236 e. The Morgan fingerprint density at radius 1 is 0.882 bits per heavy atom. The van der Waals surface area contributed by atoms with Gasteiger partial charge in [0.2, 0.25) is 0 Å². The number of aryl methyl sites for hydroxylation is 2.